The van der Waals surface area contributed by atoms with Crippen molar-refractivity contribution >= 4 is 6.41 Å². The van der Waals surface area contributed by atoms with Crippen LogP contribution in [0.3, 0.4) is 0 Å². The molecule has 1 amide bonds. The van der Waals surface area contributed by atoms with Crippen LogP contribution in [0.25, 0.3) is 0 Å². The molecule has 0 atom stereocenters. The molecule has 0 aliphatic carbocycles. The molecule has 0 fully saturated rings. The minimum Gasteiger partial charge on any atom is -0.330 e. The molecule has 3 nitrogen and oxygen atoms in total. The second-order valence-corrected chi connectivity index (χ2v) is 2.39. The van der Waals surface area contributed by atoms with Crippen LogP contribution in [0.1, 0.15) is 13.8 Å². The van der Waals surface area contributed by atoms with Crippen LogP contribution in [-0.2, 0) is 4.79 Å². The van der Waals surface area contributed by atoms with Gasteiger partial charge in [0, 0.05) is 7.05 Å². The number of nitrogens with zero attached hydrogens (tertiary/aromatic N) is 2. The number of hydrogen-bond donors (Lipinski definition) is 0. The quantitative estimate of drug-likeness (QED) is 0.502. The van der Waals surface area contributed by atoms with Crippen molar-refractivity contribution in [3.05, 3.63) is 0 Å². The number of amides is 1. The zero-order valence-electron chi connectivity index (χ0n) is 5.88. The van der Waals surface area contributed by atoms with Gasteiger partial charge >= 0.3 is 0 Å². The molecule has 0 bridgehead atoms. The van der Waals surface area contributed by atoms with Crippen molar-refractivity contribution in [1.82, 2.24) is 4.90 Å². The fourth-order valence-corrected chi connectivity index (χ4v) is 0.211. The summed E-state index contributed by atoms with van der Waals surface area (Å²) >= 11 is 0. The van der Waals surface area contributed by atoms with Crippen LogP contribution in [0, 0.1) is 11.3 Å². The van der Waals surface area contributed by atoms with Crippen LogP contribution < -0.4 is 0 Å². The number of hydrogen-bond acceptors (Lipinski definition) is 2. The van der Waals surface area contributed by atoms with Crippen LogP contribution in [0.4, 0.5) is 0 Å². The van der Waals surface area contributed by atoms with Gasteiger partial charge in [-0.15, -0.1) is 0 Å². The van der Waals surface area contributed by atoms with Gasteiger partial charge in [-0.2, -0.15) is 5.26 Å². The van der Waals surface area contributed by atoms with Crippen molar-refractivity contribution < 1.29 is 4.79 Å². The molecule has 0 N–H and O–H groups in total. The molecular formula is C6H10N2O. The van der Waals surface area contributed by atoms with Gasteiger partial charge in [0.2, 0.25) is 6.41 Å². The average molecular weight is 126 g/mol. The van der Waals surface area contributed by atoms with Gasteiger partial charge in [0.05, 0.1) is 6.07 Å². The Kier molecular flexibility index (Phi) is 2.20. The standard InChI is InChI=1S/C6H10N2O/c1-6(2,4-7)8(3)5-9/h5H,1-3H3. The van der Waals surface area contributed by atoms with Gasteiger partial charge in [0.1, 0.15) is 5.54 Å². The maximum atomic E-state index is 10.1. The van der Waals surface area contributed by atoms with E-state index < -0.39 is 5.54 Å². The Hall–Kier alpha value is -1.04. The third-order valence-corrected chi connectivity index (χ3v) is 1.31. The Balaban J connectivity index is 4.17. The fraction of sp³-hybridized carbons (Fsp3) is 0.667. The highest BCUT2D eigenvalue weighted by molar-refractivity contribution is 5.49. The highest BCUT2D eigenvalue weighted by atomic mass is 16.1. The van der Waals surface area contributed by atoms with E-state index in [2.05, 4.69) is 0 Å². The minimum atomic E-state index is -0.679. The van der Waals surface area contributed by atoms with Crippen molar-refractivity contribution in [3.63, 3.8) is 0 Å². The molecule has 0 radical (unpaired) electrons. The van der Waals surface area contributed by atoms with Crippen molar-refractivity contribution in [2.24, 2.45) is 0 Å². The van der Waals surface area contributed by atoms with Gasteiger partial charge in [0.15, 0.2) is 0 Å². The summed E-state index contributed by atoms with van der Waals surface area (Å²) in [5, 5.41) is 8.44. The summed E-state index contributed by atoms with van der Waals surface area (Å²) in [6, 6.07) is 1.99. The highest BCUT2D eigenvalue weighted by Gasteiger charge is 2.20. The van der Waals surface area contributed by atoms with E-state index in [1.54, 1.807) is 20.9 Å². The summed E-state index contributed by atoms with van der Waals surface area (Å²) in [5.41, 5.74) is -0.679. The molecule has 0 aromatic carbocycles. The van der Waals surface area contributed by atoms with Crippen molar-refractivity contribution in [3.8, 4) is 6.07 Å². The molecule has 0 aliphatic heterocycles. The molecule has 0 aromatic rings. The summed E-state index contributed by atoms with van der Waals surface area (Å²) in [5.74, 6) is 0. The van der Waals surface area contributed by atoms with Crippen LogP contribution in [0.5, 0.6) is 0 Å². The van der Waals surface area contributed by atoms with Crippen molar-refractivity contribution in [2.75, 3.05) is 7.05 Å². The number of nitriles is 1. The SMILES string of the molecule is CN(C=O)C(C)(C)C#N. The van der Waals surface area contributed by atoms with Crippen molar-refractivity contribution in [2.45, 2.75) is 19.4 Å². The van der Waals surface area contributed by atoms with Crippen LogP contribution in [0.15, 0.2) is 0 Å². The van der Waals surface area contributed by atoms with E-state index in [1.165, 1.54) is 4.90 Å². The molecule has 0 spiro atoms. The predicted molar refractivity (Wildman–Crippen MR) is 33.5 cm³/mol. The van der Waals surface area contributed by atoms with E-state index in [0.29, 0.717) is 6.41 Å². The van der Waals surface area contributed by atoms with Crippen LogP contribution >= 0.6 is 0 Å². The Bertz CT molecular complexity index is 146. The first-order chi connectivity index (χ1) is 4.04. The molecular weight excluding hydrogens is 116 g/mol. The lowest BCUT2D eigenvalue weighted by atomic mass is 10.1. The van der Waals surface area contributed by atoms with E-state index in [-0.39, 0.29) is 0 Å². The normalized spacial score (nSPS) is 10.0. The first-order valence-corrected chi connectivity index (χ1v) is 2.64. The maximum Gasteiger partial charge on any atom is 0.210 e. The molecule has 0 heterocycles. The van der Waals surface area contributed by atoms with Gasteiger partial charge in [-0.05, 0) is 13.8 Å². The summed E-state index contributed by atoms with van der Waals surface area (Å²) in [7, 11) is 1.58. The lowest BCUT2D eigenvalue weighted by Gasteiger charge is -2.24. The van der Waals surface area contributed by atoms with Crippen LogP contribution in [0.2, 0.25) is 0 Å². The molecule has 0 saturated carbocycles. The predicted octanol–water partition coefficient (Wildman–Crippen LogP) is 0.377. The van der Waals surface area contributed by atoms with E-state index in [4.69, 9.17) is 5.26 Å². The van der Waals surface area contributed by atoms with E-state index in [0.717, 1.165) is 0 Å². The average Bonchev–Trinajstić information content (AvgIpc) is 1.86. The minimum absolute atomic E-state index is 0.642. The van der Waals surface area contributed by atoms with E-state index in [1.807, 2.05) is 6.07 Å². The third kappa shape index (κ3) is 1.73. The fourth-order valence-electron chi connectivity index (χ4n) is 0.211. The lowest BCUT2D eigenvalue weighted by Crippen LogP contribution is -2.38. The Labute approximate surface area is 54.9 Å². The Morgan fingerprint density at radius 3 is 2.22 bits per heavy atom. The highest BCUT2D eigenvalue weighted by Crippen LogP contribution is 2.06. The van der Waals surface area contributed by atoms with Gasteiger partial charge in [-0.25, -0.2) is 0 Å². The molecule has 0 saturated heterocycles. The van der Waals surface area contributed by atoms with Gasteiger partial charge in [0.25, 0.3) is 0 Å². The smallest absolute Gasteiger partial charge is 0.210 e. The summed E-state index contributed by atoms with van der Waals surface area (Å²) in [6.45, 7) is 3.36. The molecule has 9 heavy (non-hydrogen) atoms. The largest absolute Gasteiger partial charge is 0.330 e. The first kappa shape index (κ1) is 7.96. The third-order valence-electron chi connectivity index (χ3n) is 1.31. The molecule has 50 valence electrons. The van der Waals surface area contributed by atoms with Crippen LogP contribution in [-0.4, -0.2) is 23.9 Å². The number of rotatable bonds is 2. The van der Waals surface area contributed by atoms with Crippen molar-refractivity contribution in [1.29, 1.82) is 5.26 Å². The topological polar surface area (TPSA) is 44.1 Å². The zero-order valence-corrected chi connectivity index (χ0v) is 5.88. The number of carbonyl (C=O) groups is 1. The molecule has 3 heteroatoms. The van der Waals surface area contributed by atoms with E-state index in [9.17, 15) is 4.79 Å². The maximum absolute atomic E-state index is 10.1. The first-order valence-electron chi connectivity index (χ1n) is 2.64. The number of carbonyl (C=O) groups excluding carboxylic acids is 1. The van der Waals surface area contributed by atoms with Gasteiger partial charge in [-0.3, -0.25) is 4.79 Å². The molecule has 0 unspecified atom stereocenters. The van der Waals surface area contributed by atoms with E-state index >= 15 is 0 Å². The Morgan fingerprint density at radius 1 is 1.67 bits per heavy atom. The van der Waals surface area contributed by atoms with Gasteiger partial charge in [-0.1, -0.05) is 0 Å². The second kappa shape index (κ2) is 2.49. The molecule has 0 aliphatic rings. The zero-order chi connectivity index (χ0) is 7.49. The summed E-state index contributed by atoms with van der Waals surface area (Å²) in [6.07, 6.45) is 0.642. The Morgan fingerprint density at radius 2 is 2.11 bits per heavy atom. The molecule has 0 rings (SSSR count). The summed E-state index contributed by atoms with van der Waals surface area (Å²) < 4.78 is 0. The summed E-state index contributed by atoms with van der Waals surface area (Å²) in [4.78, 5) is 11.4. The molecule has 0 aromatic heterocycles. The monoisotopic (exact) mass is 126 g/mol. The van der Waals surface area contributed by atoms with Gasteiger partial charge < -0.3 is 4.90 Å². The second-order valence-electron chi connectivity index (χ2n) is 2.39. The lowest BCUT2D eigenvalue weighted by molar-refractivity contribution is -0.119.